The number of benzene rings is 1. The van der Waals surface area contributed by atoms with E-state index in [0.29, 0.717) is 12.0 Å². The van der Waals surface area contributed by atoms with Gasteiger partial charge in [-0.05, 0) is 31.5 Å². The average Bonchev–Trinajstić information content (AvgIpc) is 2.35. The van der Waals surface area contributed by atoms with Crippen LogP contribution in [0.4, 0.5) is 4.39 Å². The quantitative estimate of drug-likeness (QED) is 0.879. The molecule has 3 atom stereocenters. The number of aliphatic hydroxyl groups is 1. The Labute approximate surface area is 114 Å². The molecule has 0 unspecified atom stereocenters. The lowest BCUT2D eigenvalue weighted by molar-refractivity contribution is -0.0680. The topological polar surface area (TPSA) is 55.5 Å². The fourth-order valence-corrected chi connectivity index (χ4v) is 2.83. The predicted molar refractivity (Wildman–Crippen MR) is 70.6 cm³/mol. The smallest absolute Gasteiger partial charge is 0.128 e. The van der Waals surface area contributed by atoms with Crippen molar-refractivity contribution in [3.8, 4) is 0 Å². The van der Waals surface area contributed by atoms with Crippen molar-refractivity contribution in [1.82, 2.24) is 0 Å². The van der Waals surface area contributed by atoms with Gasteiger partial charge >= 0.3 is 0 Å². The minimum Gasteiger partial charge on any atom is -0.396 e. The summed E-state index contributed by atoms with van der Waals surface area (Å²) in [6.45, 7) is 2.07. The van der Waals surface area contributed by atoms with Crippen LogP contribution in [0.3, 0.4) is 0 Å². The molecule has 18 heavy (non-hydrogen) atoms. The van der Waals surface area contributed by atoms with Crippen molar-refractivity contribution in [2.75, 3.05) is 13.2 Å². The lowest BCUT2D eigenvalue weighted by Crippen LogP contribution is -2.54. The number of hydrogen-bond acceptors (Lipinski definition) is 3. The molecule has 2 rings (SSSR count). The second-order valence-electron chi connectivity index (χ2n) is 4.90. The average molecular weight is 318 g/mol. The highest BCUT2D eigenvalue weighted by Crippen LogP contribution is 2.37. The number of aliphatic hydroxyl groups excluding tert-OH is 1. The Morgan fingerprint density at radius 3 is 3.00 bits per heavy atom. The molecule has 1 saturated heterocycles. The van der Waals surface area contributed by atoms with Gasteiger partial charge in [0.1, 0.15) is 5.82 Å². The largest absolute Gasteiger partial charge is 0.396 e. The zero-order valence-corrected chi connectivity index (χ0v) is 11.8. The van der Waals surface area contributed by atoms with Gasteiger partial charge in [-0.1, -0.05) is 15.9 Å². The Hall–Kier alpha value is -0.490. The Morgan fingerprint density at radius 1 is 1.61 bits per heavy atom. The van der Waals surface area contributed by atoms with Crippen LogP contribution in [0.25, 0.3) is 0 Å². The van der Waals surface area contributed by atoms with Gasteiger partial charge in [-0.25, -0.2) is 4.39 Å². The molecule has 1 aliphatic heterocycles. The van der Waals surface area contributed by atoms with Crippen molar-refractivity contribution in [1.29, 1.82) is 0 Å². The first kappa shape index (κ1) is 13.9. The van der Waals surface area contributed by atoms with E-state index in [1.165, 1.54) is 6.07 Å². The van der Waals surface area contributed by atoms with Crippen molar-refractivity contribution >= 4 is 15.9 Å². The molecule has 1 heterocycles. The van der Waals surface area contributed by atoms with E-state index in [4.69, 9.17) is 10.5 Å². The van der Waals surface area contributed by atoms with Crippen LogP contribution < -0.4 is 5.73 Å². The summed E-state index contributed by atoms with van der Waals surface area (Å²) in [6.07, 6.45) is 0.660. The van der Waals surface area contributed by atoms with E-state index in [1.54, 1.807) is 12.1 Å². The second-order valence-corrected chi connectivity index (χ2v) is 5.82. The number of hydrogen-bond donors (Lipinski definition) is 2. The molecule has 0 aliphatic carbocycles. The highest BCUT2D eigenvalue weighted by Gasteiger charge is 2.43. The van der Waals surface area contributed by atoms with E-state index in [9.17, 15) is 9.50 Å². The molecule has 3 nitrogen and oxygen atoms in total. The summed E-state index contributed by atoms with van der Waals surface area (Å²) in [5, 5.41) is 9.50. The van der Waals surface area contributed by atoms with Gasteiger partial charge < -0.3 is 15.6 Å². The molecular formula is C13H17BrFNO2. The summed E-state index contributed by atoms with van der Waals surface area (Å²) in [6, 6.07) is 4.67. The molecule has 1 aromatic carbocycles. The van der Waals surface area contributed by atoms with Gasteiger partial charge in [0.2, 0.25) is 0 Å². The lowest BCUT2D eigenvalue weighted by atomic mass is 9.75. The lowest BCUT2D eigenvalue weighted by Gasteiger charge is -2.43. The Bertz CT molecular complexity index is 443. The molecule has 0 bridgehead atoms. The fourth-order valence-electron chi connectivity index (χ4n) is 2.47. The zero-order chi connectivity index (χ0) is 13.3. The monoisotopic (exact) mass is 317 g/mol. The van der Waals surface area contributed by atoms with Gasteiger partial charge in [0.15, 0.2) is 0 Å². The predicted octanol–water partition coefficient (Wildman–Crippen LogP) is 2.16. The van der Waals surface area contributed by atoms with Gasteiger partial charge in [0.05, 0.1) is 18.2 Å². The summed E-state index contributed by atoms with van der Waals surface area (Å²) in [7, 11) is 0. The SMILES string of the molecule is C[C@H]1C[C@@H](CO)[C@](N)(c2cc(Br)ccc2F)CO1. The van der Waals surface area contributed by atoms with Crippen LogP contribution in [0.2, 0.25) is 0 Å². The van der Waals surface area contributed by atoms with Gasteiger partial charge in [-0.2, -0.15) is 0 Å². The zero-order valence-electron chi connectivity index (χ0n) is 10.2. The molecule has 1 fully saturated rings. The highest BCUT2D eigenvalue weighted by atomic mass is 79.9. The Kier molecular flexibility index (Phi) is 4.06. The van der Waals surface area contributed by atoms with E-state index in [2.05, 4.69) is 15.9 Å². The van der Waals surface area contributed by atoms with Crippen LogP contribution in [0.5, 0.6) is 0 Å². The van der Waals surface area contributed by atoms with Gasteiger partial charge in [0.25, 0.3) is 0 Å². The second kappa shape index (κ2) is 5.25. The molecule has 0 saturated carbocycles. The summed E-state index contributed by atoms with van der Waals surface area (Å²) in [5.41, 5.74) is 5.74. The molecule has 100 valence electrons. The molecule has 5 heteroatoms. The molecule has 0 radical (unpaired) electrons. The van der Waals surface area contributed by atoms with Crippen molar-refractivity contribution < 1.29 is 14.2 Å². The molecule has 0 spiro atoms. The van der Waals surface area contributed by atoms with Crippen LogP contribution in [0.1, 0.15) is 18.9 Å². The van der Waals surface area contributed by atoms with Crippen molar-refractivity contribution in [3.63, 3.8) is 0 Å². The van der Waals surface area contributed by atoms with Crippen LogP contribution in [-0.2, 0) is 10.3 Å². The number of rotatable bonds is 2. The normalized spacial score (nSPS) is 32.5. The maximum atomic E-state index is 14.0. The number of halogens is 2. The molecule has 1 aromatic rings. The van der Waals surface area contributed by atoms with E-state index in [0.717, 1.165) is 4.47 Å². The van der Waals surface area contributed by atoms with Gasteiger partial charge in [0, 0.05) is 22.6 Å². The third-order valence-corrected chi connectivity index (χ3v) is 4.10. The number of ether oxygens (including phenoxy) is 1. The Morgan fingerprint density at radius 2 is 2.33 bits per heavy atom. The van der Waals surface area contributed by atoms with Crippen LogP contribution in [-0.4, -0.2) is 24.4 Å². The number of nitrogens with two attached hydrogens (primary N) is 1. The third kappa shape index (κ3) is 2.45. The van der Waals surface area contributed by atoms with Gasteiger partial charge in [-0.15, -0.1) is 0 Å². The maximum Gasteiger partial charge on any atom is 0.128 e. The van der Waals surface area contributed by atoms with Crippen molar-refractivity contribution in [2.24, 2.45) is 11.7 Å². The molecule has 0 amide bonds. The van der Waals surface area contributed by atoms with Crippen molar-refractivity contribution in [3.05, 3.63) is 34.1 Å². The first-order valence-electron chi connectivity index (χ1n) is 5.94. The third-order valence-electron chi connectivity index (χ3n) is 3.60. The van der Waals surface area contributed by atoms with E-state index < -0.39 is 5.54 Å². The molecule has 0 aromatic heterocycles. The summed E-state index contributed by atoms with van der Waals surface area (Å²) in [4.78, 5) is 0. The molecular weight excluding hydrogens is 301 g/mol. The summed E-state index contributed by atoms with van der Waals surface area (Å²) in [5.74, 6) is -0.567. The highest BCUT2D eigenvalue weighted by molar-refractivity contribution is 9.10. The van der Waals surface area contributed by atoms with Gasteiger partial charge in [-0.3, -0.25) is 0 Å². The standard InChI is InChI=1S/C13H17BrFNO2/c1-8-4-9(6-17)13(16,7-18-8)11-5-10(14)2-3-12(11)15/h2-3,5,8-9,17H,4,6-7,16H2,1H3/t8-,9-,13-/m0/s1. The maximum absolute atomic E-state index is 14.0. The first-order valence-corrected chi connectivity index (χ1v) is 6.73. The summed E-state index contributed by atoms with van der Waals surface area (Å²) < 4.78 is 20.3. The fraction of sp³-hybridized carbons (Fsp3) is 0.538. The van der Waals surface area contributed by atoms with Crippen LogP contribution in [0, 0.1) is 11.7 Å². The van der Waals surface area contributed by atoms with Crippen LogP contribution >= 0.6 is 15.9 Å². The molecule has 3 N–H and O–H groups in total. The minimum absolute atomic E-state index is 0.0361. The minimum atomic E-state index is -0.977. The Balaban J connectivity index is 2.42. The first-order chi connectivity index (χ1) is 8.47. The summed E-state index contributed by atoms with van der Waals surface area (Å²) >= 11 is 3.32. The van der Waals surface area contributed by atoms with E-state index in [-0.39, 0.29) is 31.1 Å². The van der Waals surface area contributed by atoms with E-state index in [1.807, 2.05) is 6.92 Å². The van der Waals surface area contributed by atoms with Crippen molar-refractivity contribution in [2.45, 2.75) is 25.0 Å². The van der Waals surface area contributed by atoms with Crippen LogP contribution in [0.15, 0.2) is 22.7 Å². The van der Waals surface area contributed by atoms with E-state index >= 15 is 0 Å². The molecule has 1 aliphatic rings.